The fraction of sp³-hybridized carbons (Fsp3) is 0.500. The van der Waals surface area contributed by atoms with Gasteiger partial charge in [0, 0.05) is 0 Å². The third-order valence-electron chi connectivity index (χ3n) is 3.63. The van der Waals surface area contributed by atoms with Gasteiger partial charge in [0.1, 0.15) is 0 Å². The van der Waals surface area contributed by atoms with Crippen LogP contribution < -0.4 is 11.1 Å². The molecule has 20 heavy (non-hydrogen) atoms. The van der Waals surface area contributed by atoms with E-state index in [9.17, 15) is 18.0 Å². The molecule has 110 valence electrons. The predicted octanol–water partition coefficient (Wildman–Crippen LogP) is 2.10. The first-order chi connectivity index (χ1) is 9.36. The van der Waals surface area contributed by atoms with Crippen LogP contribution in [0.15, 0.2) is 24.3 Å². The highest BCUT2D eigenvalue weighted by Gasteiger charge is 2.31. The Labute approximate surface area is 115 Å². The second-order valence-electron chi connectivity index (χ2n) is 5.20. The van der Waals surface area contributed by atoms with E-state index in [0.29, 0.717) is 24.9 Å². The van der Waals surface area contributed by atoms with Gasteiger partial charge in [0.25, 0.3) is 0 Å². The quantitative estimate of drug-likeness (QED) is 0.894. The number of halogens is 3. The number of primary amides is 1. The van der Waals surface area contributed by atoms with Crippen molar-refractivity contribution in [2.45, 2.75) is 31.5 Å². The Kier molecular flexibility index (Phi) is 4.32. The van der Waals surface area contributed by atoms with E-state index in [4.69, 9.17) is 5.73 Å². The van der Waals surface area contributed by atoms with Crippen LogP contribution >= 0.6 is 0 Å². The molecule has 0 aliphatic carbocycles. The Bertz CT molecular complexity index is 488. The molecule has 1 aliphatic rings. The summed E-state index contributed by atoms with van der Waals surface area (Å²) in [6, 6.07) is 4.99. The summed E-state index contributed by atoms with van der Waals surface area (Å²) in [5.41, 5.74) is 5.27. The van der Waals surface area contributed by atoms with Gasteiger partial charge in [-0.2, -0.15) is 13.2 Å². The maximum absolute atomic E-state index is 12.6. The van der Waals surface area contributed by atoms with E-state index in [1.807, 2.05) is 0 Å². The lowest BCUT2D eigenvalue weighted by Crippen LogP contribution is -2.47. The predicted molar refractivity (Wildman–Crippen MR) is 68.9 cm³/mol. The monoisotopic (exact) mass is 286 g/mol. The molecule has 3 N–H and O–H groups in total. The molecule has 1 aromatic carbocycles. The fourth-order valence-corrected chi connectivity index (χ4v) is 2.61. The maximum Gasteiger partial charge on any atom is 0.416 e. The molecule has 0 saturated carbocycles. The SMILES string of the molecule is NC(=O)C1CC(Cc2cccc(C(F)(F)F)c2)CCN1. The average molecular weight is 286 g/mol. The van der Waals surface area contributed by atoms with Gasteiger partial charge in [-0.15, -0.1) is 0 Å². The zero-order valence-corrected chi connectivity index (χ0v) is 10.9. The molecule has 0 radical (unpaired) electrons. The van der Waals surface area contributed by atoms with Gasteiger partial charge in [0.05, 0.1) is 11.6 Å². The van der Waals surface area contributed by atoms with Gasteiger partial charge in [-0.3, -0.25) is 4.79 Å². The van der Waals surface area contributed by atoms with Crippen molar-refractivity contribution >= 4 is 5.91 Å². The molecular weight excluding hydrogens is 269 g/mol. The van der Waals surface area contributed by atoms with Crippen LogP contribution in [0, 0.1) is 5.92 Å². The van der Waals surface area contributed by atoms with Gasteiger partial charge in [-0.05, 0) is 43.4 Å². The van der Waals surface area contributed by atoms with Crippen LogP contribution in [0.1, 0.15) is 24.0 Å². The van der Waals surface area contributed by atoms with E-state index >= 15 is 0 Å². The summed E-state index contributed by atoms with van der Waals surface area (Å²) in [7, 11) is 0. The normalized spacial score (nSPS) is 23.6. The summed E-state index contributed by atoms with van der Waals surface area (Å²) < 4.78 is 37.9. The lowest BCUT2D eigenvalue weighted by Gasteiger charge is -2.28. The van der Waals surface area contributed by atoms with Crippen molar-refractivity contribution in [3.63, 3.8) is 0 Å². The van der Waals surface area contributed by atoms with Gasteiger partial charge in [-0.1, -0.05) is 18.2 Å². The molecule has 2 atom stereocenters. The van der Waals surface area contributed by atoms with E-state index < -0.39 is 17.6 Å². The summed E-state index contributed by atoms with van der Waals surface area (Å²) in [5.74, 6) is -0.226. The van der Waals surface area contributed by atoms with Crippen LogP contribution in [0.4, 0.5) is 13.2 Å². The second kappa shape index (κ2) is 5.83. The number of hydrogen-bond donors (Lipinski definition) is 2. The average Bonchev–Trinajstić information content (AvgIpc) is 2.38. The Balaban J connectivity index is 2.04. The van der Waals surface area contributed by atoms with Gasteiger partial charge in [-0.25, -0.2) is 0 Å². The summed E-state index contributed by atoms with van der Waals surface area (Å²) >= 11 is 0. The van der Waals surface area contributed by atoms with E-state index in [1.54, 1.807) is 6.07 Å². The molecule has 0 aromatic heterocycles. The van der Waals surface area contributed by atoms with Crippen molar-refractivity contribution in [3.05, 3.63) is 35.4 Å². The van der Waals surface area contributed by atoms with Crippen molar-refractivity contribution in [3.8, 4) is 0 Å². The molecule has 6 heteroatoms. The Morgan fingerprint density at radius 2 is 2.15 bits per heavy atom. The minimum absolute atomic E-state index is 0.178. The lowest BCUT2D eigenvalue weighted by atomic mass is 9.86. The molecule has 1 aromatic rings. The number of piperidine rings is 1. The van der Waals surface area contributed by atoms with Gasteiger partial charge < -0.3 is 11.1 Å². The Morgan fingerprint density at radius 3 is 2.80 bits per heavy atom. The summed E-state index contributed by atoms with van der Waals surface area (Å²) in [6.07, 6.45) is -2.37. The van der Waals surface area contributed by atoms with E-state index in [1.165, 1.54) is 12.1 Å². The standard InChI is InChI=1S/C14H17F3N2O/c15-14(16,17)11-3-1-2-9(7-11)6-10-4-5-19-12(8-10)13(18)20/h1-3,7,10,12,19H,4-6,8H2,(H2,18,20). The minimum atomic E-state index is -4.32. The Hall–Kier alpha value is -1.56. The highest BCUT2D eigenvalue weighted by Crippen LogP contribution is 2.30. The zero-order valence-electron chi connectivity index (χ0n) is 10.9. The van der Waals surface area contributed by atoms with E-state index in [2.05, 4.69) is 5.32 Å². The highest BCUT2D eigenvalue weighted by atomic mass is 19.4. The number of benzene rings is 1. The number of nitrogens with two attached hydrogens (primary N) is 1. The van der Waals surface area contributed by atoms with Crippen molar-refractivity contribution in [2.75, 3.05) is 6.54 Å². The second-order valence-corrected chi connectivity index (χ2v) is 5.20. The maximum atomic E-state index is 12.6. The smallest absolute Gasteiger partial charge is 0.368 e. The number of nitrogens with one attached hydrogen (secondary N) is 1. The molecule has 1 heterocycles. The number of carbonyl (C=O) groups is 1. The molecular formula is C14H17F3N2O. The van der Waals surface area contributed by atoms with E-state index in [0.717, 1.165) is 12.5 Å². The number of hydrogen-bond acceptors (Lipinski definition) is 2. The van der Waals surface area contributed by atoms with Crippen LogP contribution in [0.5, 0.6) is 0 Å². The first-order valence-electron chi connectivity index (χ1n) is 6.55. The molecule has 1 fully saturated rings. The van der Waals surface area contributed by atoms with Gasteiger partial charge >= 0.3 is 6.18 Å². The molecule has 3 nitrogen and oxygen atoms in total. The first kappa shape index (κ1) is 14.8. The van der Waals surface area contributed by atoms with Crippen LogP contribution in [0.2, 0.25) is 0 Å². The number of amides is 1. The van der Waals surface area contributed by atoms with Crippen LogP contribution in [0.3, 0.4) is 0 Å². The molecule has 2 rings (SSSR count). The van der Waals surface area contributed by atoms with E-state index in [-0.39, 0.29) is 12.0 Å². The van der Waals surface area contributed by atoms with Crippen molar-refractivity contribution in [2.24, 2.45) is 11.7 Å². The molecule has 1 aliphatic heterocycles. The van der Waals surface area contributed by atoms with Crippen molar-refractivity contribution in [1.82, 2.24) is 5.32 Å². The fourth-order valence-electron chi connectivity index (χ4n) is 2.61. The molecule has 2 unspecified atom stereocenters. The highest BCUT2D eigenvalue weighted by molar-refractivity contribution is 5.79. The number of carbonyl (C=O) groups excluding carboxylic acids is 1. The topological polar surface area (TPSA) is 55.1 Å². The van der Waals surface area contributed by atoms with Gasteiger partial charge in [0.2, 0.25) is 5.91 Å². The first-order valence-corrected chi connectivity index (χ1v) is 6.55. The Morgan fingerprint density at radius 1 is 1.40 bits per heavy atom. The van der Waals surface area contributed by atoms with Crippen LogP contribution in [-0.4, -0.2) is 18.5 Å². The summed E-state index contributed by atoms with van der Waals surface area (Å²) in [6.45, 7) is 0.664. The van der Waals surface area contributed by atoms with Crippen molar-refractivity contribution in [1.29, 1.82) is 0 Å². The molecule has 1 amide bonds. The summed E-state index contributed by atoms with van der Waals surface area (Å²) in [5, 5.41) is 3.02. The van der Waals surface area contributed by atoms with Gasteiger partial charge in [0.15, 0.2) is 0 Å². The molecule has 0 spiro atoms. The largest absolute Gasteiger partial charge is 0.416 e. The zero-order chi connectivity index (χ0) is 14.8. The lowest BCUT2D eigenvalue weighted by molar-refractivity contribution is -0.137. The van der Waals surface area contributed by atoms with Crippen molar-refractivity contribution < 1.29 is 18.0 Å². The summed E-state index contributed by atoms with van der Waals surface area (Å²) in [4.78, 5) is 11.1. The minimum Gasteiger partial charge on any atom is -0.368 e. The van der Waals surface area contributed by atoms with Crippen LogP contribution in [-0.2, 0) is 17.4 Å². The number of alkyl halides is 3. The third kappa shape index (κ3) is 3.72. The molecule has 1 saturated heterocycles. The number of rotatable bonds is 3. The molecule has 0 bridgehead atoms. The third-order valence-corrected chi connectivity index (χ3v) is 3.63. The van der Waals surface area contributed by atoms with Crippen LogP contribution in [0.25, 0.3) is 0 Å².